The first-order valence-corrected chi connectivity index (χ1v) is 7.51. The Morgan fingerprint density at radius 3 is 1.67 bits per heavy atom. The van der Waals surface area contributed by atoms with Gasteiger partial charge in [0, 0.05) is 16.7 Å². The summed E-state index contributed by atoms with van der Waals surface area (Å²) in [7, 11) is 0. The molecule has 0 saturated heterocycles. The molecule has 0 aliphatic carbocycles. The Balaban J connectivity index is 1.74. The molecule has 0 unspecified atom stereocenters. The topological polar surface area (TPSA) is 0 Å². The Morgan fingerprint density at radius 1 is 0.524 bits per heavy atom. The van der Waals surface area contributed by atoms with E-state index < -0.39 is 0 Å². The summed E-state index contributed by atoms with van der Waals surface area (Å²) in [5.74, 6) is 12.6. The first kappa shape index (κ1) is 13.3. The average molecular weight is 284 g/mol. The molecule has 0 spiro atoms. The summed E-state index contributed by atoms with van der Waals surface area (Å²) in [5.41, 5.74) is 3.04. The molecule has 0 aliphatic heterocycles. The second kappa shape index (κ2) is 6.62. The maximum absolute atomic E-state index is 3.16. The number of hydrogen-bond donors (Lipinski definition) is 0. The standard InChI is InChI=1S/C20H12S/c1-2-5-17(6-3-1)8-9-18-10-12-19(13-11-18)14-15-20-7-4-16-21-20/h1-7,10-13,16H. The monoisotopic (exact) mass is 284 g/mol. The van der Waals surface area contributed by atoms with Gasteiger partial charge in [0.2, 0.25) is 0 Å². The minimum atomic E-state index is 1.00. The van der Waals surface area contributed by atoms with Gasteiger partial charge in [-0.3, -0.25) is 0 Å². The van der Waals surface area contributed by atoms with Crippen molar-refractivity contribution in [1.29, 1.82) is 0 Å². The molecular formula is C20H12S. The first-order chi connectivity index (χ1) is 10.4. The Morgan fingerprint density at radius 2 is 1.10 bits per heavy atom. The number of benzene rings is 2. The lowest BCUT2D eigenvalue weighted by atomic mass is 10.1. The van der Waals surface area contributed by atoms with E-state index in [1.807, 2.05) is 72.1 Å². The smallest absolute Gasteiger partial charge is 0.0772 e. The lowest BCUT2D eigenvalue weighted by molar-refractivity contribution is 1.59. The van der Waals surface area contributed by atoms with E-state index in [2.05, 4.69) is 23.7 Å². The maximum Gasteiger partial charge on any atom is 0.0772 e. The molecule has 0 fully saturated rings. The Kier molecular flexibility index (Phi) is 4.18. The van der Waals surface area contributed by atoms with Crippen LogP contribution in [0.2, 0.25) is 0 Å². The molecule has 0 radical (unpaired) electrons. The van der Waals surface area contributed by atoms with Gasteiger partial charge in [0.25, 0.3) is 0 Å². The predicted octanol–water partition coefficient (Wildman–Crippen LogP) is 4.55. The van der Waals surface area contributed by atoms with Crippen molar-refractivity contribution in [2.75, 3.05) is 0 Å². The SMILES string of the molecule is C(#Cc1ccc(C#Cc2cccs2)cc1)c1ccccc1. The van der Waals surface area contributed by atoms with E-state index in [-0.39, 0.29) is 0 Å². The van der Waals surface area contributed by atoms with Gasteiger partial charge in [0.1, 0.15) is 0 Å². The zero-order valence-electron chi connectivity index (χ0n) is 11.3. The van der Waals surface area contributed by atoms with Gasteiger partial charge >= 0.3 is 0 Å². The maximum atomic E-state index is 3.16. The molecule has 0 amide bonds. The zero-order chi connectivity index (χ0) is 14.3. The molecule has 3 rings (SSSR count). The first-order valence-electron chi connectivity index (χ1n) is 6.63. The molecule has 1 aromatic heterocycles. The fourth-order valence-corrected chi connectivity index (χ4v) is 2.36. The van der Waals surface area contributed by atoms with Gasteiger partial charge in [-0.15, -0.1) is 11.3 Å². The second-order valence-electron chi connectivity index (χ2n) is 4.42. The van der Waals surface area contributed by atoms with Crippen molar-refractivity contribution >= 4 is 11.3 Å². The van der Waals surface area contributed by atoms with Crippen LogP contribution in [-0.2, 0) is 0 Å². The Labute approximate surface area is 129 Å². The third kappa shape index (κ3) is 3.86. The van der Waals surface area contributed by atoms with Crippen LogP contribution in [0.4, 0.5) is 0 Å². The van der Waals surface area contributed by atoms with E-state index in [0.29, 0.717) is 0 Å². The molecule has 98 valence electrons. The highest BCUT2D eigenvalue weighted by Crippen LogP contribution is 2.07. The quantitative estimate of drug-likeness (QED) is 0.531. The van der Waals surface area contributed by atoms with Gasteiger partial charge in [-0.1, -0.05) is 47.9 Å². The van der Waals surface area contributed by atoms with E-state index in [1.54, 1.807) is 11.3 Å². The highest BCUT2D eigenvalue weighted by molar-refractivity contribution is 7.10. The van der Waals surface area contributed by atoms with Crippen molar-refractivity contribution in [2.24, 2.45) is 0 Å². The van der Waals surface area contributed by atoms with Crippen LogP contribution in [0.5, 0.6) is 0 Å². The van der Waals surface area contributed by atoms with Crippen LogP contribution in [0.1, 0.15) is 21.6 Å². The molecule has 1 heteroatoms. The van der Waals surface area contributed by atoms with Crippen LogP contribution >= 0.6 is 11.3 Å². The van der Waals surface area contributed by atoms with Gasteiger partial charge in [-0.25, -0.2) is 0 Å². The molecule has 21 heavy (non-hydrogen) atoms. The van der Waals surface area contributed by atoms with Crippen molar-refractivity contribution < 1.29 is 0 Å². The van der Waals surface area contributed by atoms with Crippen LogP contribution in [0.15, 0.2) is 72.1 Å². The molecule has 0 aliphatic rings. The van der Waals surface area contributed by atoms with Gasteiger partial charge in [0.05, 0.1) is 4.88 Å². The predicted molar refractivity (Wildman–Crippen MR) is 89.2 cm³/mol. The minimum absolute atomic E-state index is 1.00. The van der Waals surface area contributed by atoms with Crippen LogP contribution in [0.25, 0.3) is 0 Å². The largest absolute Gasteiger partial charge is 0.135 e. The molecule has 2 aromatic carbocycles. The van der Waals surface area contributed by atoms with E-state index in [4.69, 9.17) is 0 Å². The third-order valence-corrected chi connectivity index (χ3v) is 3.65. The average Bonchev–Trinajstić information content (AvgIpc) is 3.06. The zero-order valence-corrected chi connectivity index (χ0v) is 12.2. The highest BCUT2D eigenvalue weighted by Gasteiger charge is 1.90. The summed E-state index contributed by atoms with van der Waals surface area (Å²) in [6.07, 6.45) is 0. The summed E-state index contributed by atoms with van der Waals surface area (Å²) in [4.78, 5) is 1.09. The lowest BCUT2D eigenvalue weighted by Gasteiger charge is -1.92. The highest BCUT2D eigenvalue weighted by atomic mass is 32.1. The van der Waals surface area contributed by atoms with Gasteiger partial charge in [-0.2, -0.15) is 0 Å². The number of hydrogen-bond acceptors (Lipinski definition) is 1. The Hall–Kier alpha value is -2.74. The van der Waals surface area contributed by atoms with E-state index in [9.17, 15) is 0 Å². The molecule has 0 saturated carbocycles. The number of rotatable bonds is 0. The molecular weight excluding hydrogens is 272 g/mol. The summed E-state index contributed by atoms with van der Waals surface area (Å²) >= 11 is 1.66. The molecule has 0 atom stereocenters. The summed E-state index contributed by atoms with van der Waals surface area (Å²) in [6, 6.07) is 22.1. The molecule has 1 heterocycles. The normalized spacial score (nSPS) is 9.14. The van der Waals surface area contributed by atoms with E-state index >= 15 is 0 Å². The molecule has 3 aromatic rings. The van der Waals surface area contributed by atoms with Gasteiger partial charge in [0.15, 0.2) is 0 Å². The third-order valence-electron chi connectivity index (χ3n) is 2.86. The van der Waals surface area contributed by atoms with Gasteiger partial charge in [-0.05, 0) is 47.8 Å². The van der Waals surface area contributed by atoms with Crippen molar-refractivity contribution in [3.63, 3.8) is 0 Å². The van der Waals surface area contributed by atoms with Crippen LogP contribution in [0, 0.1) is 23.7 Å². The van der Waals surface area contributed by atoms with Crippen LogP contribution < -0.4 is 0 Å². The molecule has 0 nitrogen and oxygen atoms in total. The van der Waals surface area contributed by atoms with Gasteiger partial charge < -0.3 is 0 Å². The fraction of sp³-hybridized carbons (Fsp3) is 0. The van der Waals surface area contributed by atoms with Crippen molar-refractivity contribution in [3.05, 3.63) is 93.7 Å². The number of thiophene rings is 1. The van der Waals surface area contributed by atoms with Crippen LogP contribution in [0.3, 0.4) is 0 Å². The van der Waals surface area contributed by atoms with E-state index in [1.165, 1.54) is 0 Å². The fourth-order valence-electron chi connectivity index (χ4n) is 1.79. The second-order valence-corrected chi connectivity index (χ2v) is 5.37. The molecule has 0 bridgehead atoms. The van der Waals surface area contributed by atoms with Crippen molar-refractivity contribution in [3.8, 4) is 23.7 Å². The lowest BCUT2D eigenvalue weighted by Crippen LogP contribution is -1.78. The Bertz CT molecular complexity index is 818. The van der Waals surface area contributed by atoms with Crippen molar-refractivity contribution in [1.82, 2.24) is 0 Å². The summed E-state index contributed by atoms with van der Waals surface area (Å²) < 4.78 is 0. The molecule has 0 N–H and O–H groups in total. The summed E-state index contributed by atoms with van der Waals surface area (Å²) in [6.45, 7) is 0. The van der Waals surface area contributed by atoms with E-state index in [0.717, 1.165) is 21.6 Å². The van der Waals surface area contributed by atoms with Crippen LogP contribution in [-0.4, -0.2) is 0 Å². The minimum Gasteiger partial charge on any atom is -0.135 e. The summed E-state index contributed by atoms with van der Waals surface area (Å²) in [5, 5.41) is 2.03. The van der Waals surface area contributed by atoms with Crippen molar-refractivity contribution in [2.45, 2.75) is 0 Å².